The first kappa shape index (κ1) is 11.6. The molecule has 90 valence electrons. The highest BCUT2D eigenvalue weighted by atomic mass is 15.2. The second-order valence-electron chi connectivity index (χ2n) is 3.81. The molecule has 0 amide bonds. The number of anilines is 2. The SMILES string of the molecule is CCN(CC)c1nc(NC)nc2ccccc12. The summed E-state index contributed by atoms with van der Waals surface area (Å²) < 4.78 is 0. The van der Waals surface area contributed by atoms with Crippen LogP contribution in [-0.4, -0.2) is 30.1 Å². The first-order valence-corrected chi connectivity index (χ1v) is 5.99. The van der Waals surface area contributed by atoms with Crippen LogP contribution in [0.15, 0.2) is 24.3 Å². The van der Waals surface area contributed by atoms with E-state index in [9.17, 15) is 0 Å². The summed E-state index contributed by atoms with van der Waals surface area (Å²) in [7, 11) is 1.84. The average Bonchev–Trinajstić information content (AvgIpc) is 2.39. The van der Waals surface area contributed by atoms with Crippen molar-refractivity contribution in [3.63, 3.8) is 0 Å². The molecule has 0 saturated heterocycles. The van der Waals surface area contributed by atoms with Crippen LogP contribution in [0.4, 0.5) is 11.8 Å². The maximum Gasteiger partial charge on any atom is 0.224 e. The average molecular weight is 230 g/mol. The Bertz CT molecular complexity index is 506. The molecule has 0 aliphatic rings. The zero-order valence-electron chi connectivity index (χ0n) is 10.6. The molecular weight excluding hydrogens is 212 g/mol. The summed E-state index contributed by atoms with van der Waals surface area (Å²) in [4.78, 5) is 11.3. The highest BCUT2D eigenvalue weighted by Gasteiger charge is 2.11. The van der Waals surface area contributed by atoms with Crippen LogP contribution in [0.3, 0.4) is 0 Å². The fourth-order valence-electron chi connectivity index (χ4n) is 1.94. The van der Waals surface area contributed by atoms with Crippen LogP contribution >= 0.6 is 0 Å². The van der Waals surface area contributed by atoms with Gasteiger partial charge in [0.2, 0.25) is 5.95 Å². The van der Waals surface area contributed by atoms with Gasteiger partial charge < -0.3 is 10.2 Å². The lowest BCUT2D eigenvalue weighted by molar-refractivity contribution is 0.849. The van der Waals surface area contributed by atoms with E-state index in [1.807, 2.05) is 25.2 Å². The molecule has 2 rings (SSSR count). The number of rotatable bonds is 4. The molecule has 0 aliphatic carbocycles. The van der Waals surface area contributed by atoms with E-state index >= 15 is 0 Å². The maximum atomic E-state index is 4.57. The molecule has 1 heterocycles. The van der Waals surface area contributed by atoms with Crippen LogP contribution in [0.25, 0.3) is 10.9 Å². The van der Waals surface area contributed by atoms with Crippen molar-refractivity contribution in [3.8, 4) is 0 Å². The second kappa shape index (κ2) is 4.99. The third kappa shape index (κ3) is 2.16. The first-order valence-electron chi connectivity index (χ1n) is 5.99. The molecule has 0 spiro atoms. The van der Waals surface area contributed by atoms with Crippen molar-refractivity contribution in [2.45, 2.75) is 13.8 Å². The molecule has 0 fully saturated rings. The van der Waals surface area contributed by atoms with Gasteiger partial charge in [-0.1, -0.05) is 12.1 Å². The number of nitrogens with one attached hydrogen (secondary N) is 1. The normalized spacial score (nSPS) is 10.5. The Labute approximate surface area is 102 Å². The van der Waals surface area contributed by atoms with Gasteiger partial charge in [0.05, 0.1) is 5.52 Å². The predicted octanol–water partition coefficient (Wildman–Crippen LogP) is 2.52. The smallest absolute Gasteiger partial charge is 0.224 e. The zero-order chi connectivity index (χ0) is 12.3. The lowest BCUT2D eigenvalue weighted by Gasteiger charge is -2.21. The largest absolute Gasteiger partial charge is 0.357 e. The van der Waals surface area contributed by atoms with Crippen molar-refractivity contribution in [2.24, 2.45) is 0 Å². The van der Waals surface area contributed by atoms with E-state index in [-0.39, 0.29) is 0 Å². The Balaban J connectivity index is 2.65. The van der Waals surface area contributed by atoms with Gasteiger partial charge >= 0.3 is 0 Å². The number of benzene rings is 1. The van der Waals surface area contributed by atoms with Crippen molar-refractivity contribution in [2.75, 3.05) is 30.4 Å². The maximum absolute atomic E-state index is 4.57. The van der Waals surface area contributed by atoms with Gasteiger partial charge in [-0.25, -0.2) is 4.98 Å². The number of para-hydroxylation sites is 1. The lowest BCUT2D eigenvalue weighted by atomic mass is 10.2. The number of hydrogen-bond acceptors (Lipinski definition) is 4. The minimum Gasteiger partial charge on any atom is -0.357 e. The summed E-state index contributed by atoms with van der Waals surface area (Å²) in [6.45, 7) is 6.17. The highest BCUT2D eigenvalue weighted by Crippen LogP contribution is 2.24. The Morgan fingerprint density at radius 3 is 2.47 bits per heavy atom. The molecule has 2 aromatic rings. The van der Waals surface area contributed by atoms with Gasteiger partial charge in [-0.15, -0.1) is 0 Å². The summed E-state index contributed by atoms with van der Waals surface area (Å²) in [5, 5.41) is 4.12. The number of nitrogens with zero attached hydrogens (tertiary/aromatic N) is 3. The minimum absolute atomic E-state index is 0.672. The number of hydrogen-bond donors (Lipinski definition) is 1. The van der Waals surface area contributed by atoms with Crippen LogP contribution in [0.5, 0.6) is 0 Å². The van der Waals surface area contributed by atoms with E-state index in [0.29, 0.717) is 5.95 Å². The summed E-state index contributed by atoms with van der Waals surface area (Å²) in [6.07, 6.45) is 0. The van der Waals surface area contributed by atoms with Gasteiger partial charge in [0.15, 0.2) is 0 Å². The molecule has 0 atom stereocenters. The molecule has 1 aromatic carbocycles. The van der Waals surface area contributed by atoms with E-state index < -0.39 is 0 Å². The minimum atomic E-state index is 0.672. The molecule has 0 bridgehead atoms. The van der Waals surface area contributed by atoms with Crippen LogP contribution in [0.1, 0.15) is 13.8 Å². The Morgan fingerprint density at radius 2 is 1.82 bits per heavy atom. The molecule has 4 nitrogen and oxygen atoms in total. The van der Waals surface area contributed by atoms with Crippen LogP contribution < -0.4 is 10.2 Å². The third-order valence-corrected chi connectivity index (χ3v) is 2.87. The van der Waals surface area contributed by atoms with Crippen molar-refractivity contribution in [1.29, 1.82) is 0 Å². The van der Waals surface area contributed by atoms with Gasteiger partial charge in [-0.3, -0.25) is 0 Å². The Kier molecular flexibility index (Phi) is 3.42. The van der Waals surface area contributed by atoms with Crippen LogP contribution in [-0.2, 0) is 0 Å². The summed E-state index contributed by atoms with van der Waals surface area (Å²) in [5.41, 5.74) is 0.980. The summed E-state index contributed by atoms with van der Waals surface area (Å²) in [5.74, 6) is 1.68. The molecule has 17 heavy (non-hydrogen) atoms. The molecule has 0 aliphatic heterocycles. The van der Waals surface area contributed by atoms with Gasteiger partial charge in [-0.05, 0) is 26.0 Å². The highest BCUT2D eigenvalue weighted by molar-refractivity contribution is 5.90. The van der Waals surface area contributed by atoms with Crippen molar-refractivity contribution >= 4 is 22.7 Å². The molecule has 4 heteroatoms. The molecule has 1 N–H and O–H groups in total. The van der Waals surface area contributed by atoms with E-state index in [4.69, 9.17) is 0 Å². The summed E-state index contributed by atoms with van der Waals surface area (Å²) in [6, 6.07) is 8.12. The van der Waals surface area contributed by atoms with E-state index in [1.54, 1.807) is 0 Å². The molecule has 0 unspecified atom stereocenters. The Hall–Kier alpha value is -1.84. The van der Waals surface area contributed by atoms with Gasteiger partial charge in [0, 0.05) is 25.5 Å². The quantitative estimate of drug-likeness (QED) is 0.876. The summed E-state index contributed by atoms with van der Waals surface area (Å²) >= 11 is 0. The Morgan fingerprint density at radius 1 is 1.12 bits per heavy atom. The van der Waals surface area contributed by atoms with Gasteiger partial charge in [-0.2, -0.15) is 4.98 Å². The first-order chi connectivity index (χ1) is 8.30. The zero-order valence-corrected chi connectivity index (χ0v) is 10.6. The van der Waals surface area contributed by atoms with Crippen molar-refractivity contribution < 1.29 is 0 Å². The third-order valence-electron chi connectivity index (χ3n) is 2.87. The van der Waals surface area contributed by atoms with E-state index in [1.165, 1.54) is 0 Å². The predicted molar refractivity (Wildman–Crippen MR) is 72.6 cm³/mol. The van der Waals surface area contributed by atoms with Crippen molar-refractivity contribution in [1.82, 2.24) is 9.97 Å². The van der Waals surface area contributed by atoms with Crippen LogP contribution in [0.2, 0.25) is 0 Å². The fourth-order valence-corrected chi connectivity index (χ4v) is 1.94. The molecule has 1 aromatic heterocycles. The molecular formula is C13H18N4. The van der Waals surface area contributed by atoms with Gasteiger partial charge in [0.25, 0.3) is 0 Å². The van der Waals surface area contributed by atoms with Crippen molar-refractivity contribution in [3.05, 3.63) is 24.3 Å². The van der Waals surface area contributed by atoms with Gasteiger partial charge in [0.1, 0.15) is 5.82 Å². The monoisotopic (exact) mass is 230 g/mol. The topological polar surface area (TPSA) is 41.1 Å². The standard InChI is InChI=1S/C13H18N4/c1-4-17(5-2)12-10-8-6-7-9-11(10)15-13(14-3)16-12/h6-9H,4-5H2,1-3H3,(H,14,15,16). The van der Waals surface area contributed by atoms with E-state index in [0.717, 1.165) is 29.8 Å². The van der Waals surface area contributed by atoms with Crippen LogP contribution in [0, 0.1) is 0 Å². The lowest BCUT2D eigenvalue weighted by Crippen LogP contribution is -2.23. The molecule has 0 saturated carbocycles. The number of aromatic nitrogens is 2. The molecule has 0 radical (unpaired) electrons. The second-order valence-corrected chi connectivity index (χ2v) is 3.81. The fraction of sp³-hybridized carbons (Fsp3) is 0.385. The number of fused-ring (bicyclic) bond motifs is 1. The van der Waals surface area contributed by atoms with E-state index in [2.05, 4.69) is 40.1 Å².